The average molecular weight is 316 g/mol. The van der Waals surface area contributed by atoms with Crippen LogP contribution in [0.2, 0.25) is 0 Å². The average Bonchev–Trinajstić information content (AvgIpc) is 2.23. The van der Waals surface area contributed by atoms with Gasteiger partial charge in [0.05, 0.1) is 5.56 Å². The van der Waals surface area contributed by atoms with Gasteiger partial charge in [-0.15, -0.1) is 10.2 Å². The maximum absolute atomic E-state index is 10.7. The highest BCUT2D eigenvalue weighted by Gasteiger charge is 2.09. The molecule has 0 radical (unpaired) electrons. The van der Waals surface area contributed by atoms with Crippen LogP contribution >= 0.6 is 22.6 Å². The molecule has 0 amide bonds. The number of aromatic carboxylic acids is 1. The molecule has 0 unspecified atom stereocenters. The van der Waals surface area contributed by atoms with Crippen LogP contribution in [0.5, 0.6) is 5.88 Å². The van der Waals surface area contributed by atoms with Crippen LogP contribution in [0.4, 0.5) is 0 Å². The molecule has 0 saturated carbocycles. The first-order chi connectivity index (χ1) is 7.09. The lowest BCUT2D eigenvalue weighted by molar-refractivity contribution is 0.0697. The van der Waals surface area contributed by atoms with Gasteiger partial charge < -0.3 is 10.2 Å². The summed E-state index contributed by atoms with van der Waals surface area (Å²) < 4.78 is 0.559. The largest absolute Gasteiger partial charge is 0.492 e. The molecular weight excluding hydrogens is 311 g/mol. The molecule has 1 heterocycles. The van der Waals surface area contributed by atoms with Crippen molar-refractivity contribution in [2.24, 2.45) is 0 Å². The standard InChI is InChI=1S/C9H5IN2O3/c10-7-6-3-4(9(14)15)1-2-5(6)8(13)12-11-7/h1-3H,(H,12,13)(H,14,15). The Morgan fingerprint density at radius 3 is 2.67 bits per heavy atom. The Kier molecular flexibility index (Phi) is 2.43. The van der Waals surface area contributed by atoms with Gasteiger partial charge in [-0.25, -0.2) is 4.79 Å². The van der Waals surface area contributed by atoms with Crippen LogP contribution in [0.15, 0.2) is 18.2 Å². The van der Waals surface area contributed by atoms with Crippen molar-refractivity contribution in [3.63, 3.8) is 0 Å². The Bertz CT molecular complexity index is 556. The molecule has 0 saturated heterocycles. The highest BCUT2D eigenvalue weighted by molar-refractivity contribution is 14.1. The first kappa shape index (κ1) is 10.1. The minimum Gasteiger partial charge on any atom is -0.492 e. The number of carboxylic acids is 1. The van der Waals surface area contributed by atoms with Crippen molar-refractivity contribution in [3.05, 3.63) is 27.5 Å². The van der Waals surface area contributed by atoms with Gasteiger partial charge in [0, 0.05) is 10.8 Å². The normalized spacial score (nSPS) is 10.5. The quantitative estimate of drug-likeness (QED) is 0.782. The fraction of sp³-hybridized carbons (Fsp3) is 0. The first-order valence-electron chi connectivity index (χ1n) is 3.98. The van der Waals surface area contributed by atoms with Crippen molar-refractivity contribution in [1.82, 2.24) is 10.2 Å². The minimum absolute atomic E-state index is 0.160. The monoisotopic (exact) mass is 316 g/mol. The van der Waals surface area contributed by atoms with E-state index in [1.807, 2.05) is 22.6 Å². The second-order valence-electron chi connectivity index (χ2n) is 2.88. The van der Waals surface area contributed by atoms with Gasteiger partial charge >= 0.3 is 5.97 Å². The molecule has 6 heteroatoms. The number of nitrogens with zero attached hydrogens (tertiary/aromatic N) is 2. The number of hydrogen-bond acceptors (Lipinski definition) is 4. The highest BCUT2D eigenvalue weighted by Crippen LogP contribution is 2.25. The van der Waals surface area contributed by atoms with Crippen LogP contribution < -0.4 is 0 Å². The lowest BCUT2D eigenvalue weighted by Crippen LogP contribution is -1.97. The molecule has 2 N–H and O–H groups in total. The molecule has 0 bridgehead atoms. The van der Waals surface area contributed by atoms with E-state index in [4.69, 9.17) is 5.11 Å². The third-order valence-corrected chi connectivity index (χ3v) is 2.76. The molecule has 1 aromatic carbocycles. The van der Waals surface area contributed by atoms with Gasteiger partial charge in [0.15, 0.2) is 0 Å². The molecular formula is C9H5IN2O3. The van der Waals surface area contributed by atoms with Gasteiger partial charge in [-0.2, -0.15) is 0 Å². The molecule has 0 fully saturated rings. The Morgan fingerprint density at radius 2 is 2.00 bits per heavy atom. The second kappa shape index (κ2) is 3.61. The maximum atomic E-state index is 10.7. The fourth-order valence-electron chi connectivity index (χ4n) is 1.24. The van der Waals surface area contributed by atoms with Crippen molar-refractivity contribution in [3.8, 4) is 5.88 Å². The number of carbonyl (C=O) groups is 1. The van der Waals surface area contributed by atoms with E-state index >= 15 is 0 Å². The van der Waals surface area contributed by atoms with Gasteiger partial charge in [0.2, 0.25) is 5.88 Å². The number of carboxylic acid groups (broad SMARTS) is 1. The van der Waals surface area contributed by atoms with E-state index < -0.39 is 5.97 Å². The number of aromatic nitrogens is 2. The number of hydrogen-bond donors (Lipinski definition) is 2. The molecule has 15 heavy (non-hydrogen) atoms. The lowest BCUT2D eigenvalue weighted by atomic mass is 10.1. The SMILES string of the molecule is O=C(O)c1ccc2c(O)nnc(I)c2c1. The summed E-state index contributed by atoms with van der Waals surface area (Å²) in [6, 6.07) is 4.40. The topological polar surface area (TPSA) is 83.3 Å². The molecule has 0 spiro atoms. The van der Waals surface area contributed by atoms with Gasteiger partial charge in [-0.1, -0.05) is 0 Å². The zero-order chi connectivity index (χ0) is 11.0. The van der Waals surface area contributed by atoms with Crippen LogP contribution in [-0.2, 0) is 0 Å². The van der Waals surface area contributed by atoms with Crippen LogP contribution in [0.1, 0.15) is 10.4 Å². The smallest absolute Gasteiger partial charge is 0.335 e. The summed E-state index contributed by atoms with van der Waals surface area (Å²) in [6.07, 6.45) is 0. The number of benzene rings is 1. The van der Waals surface area contributed by atoms with E-state index in [1.54, 1.807) is 0 Å². The fourth-order valence-corrected chi connectivity index (χ4v) is 1.80. The minimum atomic E-state index is -1.01. The molecule has 2 rings (SSSR count). The zero-order valence-electron chi connectivity index (χ0n) is 7.31. The first-order valence-corrected chi connectivity index (χ1v) is 5.05. The Hall–Kier alpha value is -1.44. The summed E-state index contributed by atoms with van der Waals surface area (Å²) in [5.41, 5.74) is 0.160. The van der Waals surface area contributed by atoms with E-state index in [-0.39, 0.29) is 11.4 Å². The van der Waals surface area contributed by atoms with E-state index in [9.17, 15) is 9.90 Å². The molecule has 5 nitrogen and oxygen atoms in total. The second-order valence-corrected chi connectivity index (χ2v) is 3.90. The molecule has 76 valence electrons. The summed E-state index contributed by atoms with van der Waals surface area (Å²) in [4.78, 5) is 10.7. The van der Waals surface area contributed by atoms with Gasteiger partial charge in [-0.05, 0) is 40.8 Å². The van der Waals surface area contributed by atoms with E-state index in [2.05, 4.69) is 10.2 Å². The summed E-state index contributed by atoms with van der Waals surface area (Å²) >= 11 is 1.94. The van der Waals surface area contributed by atoms with E-state index in [0.29, 0.717) is 14.5 Å². The van der Waals surface area contributed by atoms with Gasteiger partial charge in [0.1, 0.15) is 3.70 Å². The van der Waals surface area contributed by atoms with Crippen LogP contribution in [0.25, 0.3) is 10.8 Å². The third kappa shape index (κ3) is 1.72. The van der Waals surface area contributed by atoms with Crippen molar-refractivity contribution in [2.75, 3.05) is 0 Å². The van der Waals surface area contributed by atoms with E-state index in [0.717, 1.165) is 0 Å². The molecule has 2 aromatic rings. The summed E-state index contributed by atoms with van der Waals surface area (Å²) in [6.45, 7) is 0. The van der Waals surface area contributed by atoms with Crippen LogP contribution in [0, 0.1) is 3.70 Å². The third-order valence-electron chi connectivity index (χ3n) is 1.96. The highest BCUT2D eigenvalue weighted by atomic mass is 127. The van der Waals surface area contributed by atoms with Crippen molar-refractivity contribution in [2.45, 2.75) is 0 Å². The molecule has 0 aliphatic heterocycles. The van der Waals surface area contributed by atoms with Gasteiger partial charge in [0.25, 0.3) is 0 Å². The molecule has 1 aromatic heterocycles. The number of fused-ring (bicyclic) bond motifs is 1. The predicted octanol–water partition coefficient (Wildman–Crippen LogP) is 1.64. The Balaban J connectivity index is 2.81. The molecule has 0 aliphatic rings. The number of halogens is 1. The lowest BCUT2D eigenvalue weighted by Gasteiger charge is -2.02. The van der Waals surface area contributed by atoms with Crippen molar-refractivity contribution >= 4 is 39.3 Å². The van der Waals surface area contributed by atoms with Crippen LogP contribution in [-0.4, -0.2) is 26.4 Å². The zero-order valence-corrected chi connectivity index (χ0v) is 9.46. The Labute approximate surface area is 97.9 Å². The van der Waals surface area contributed by atoms with Gasteiger partial charge in [-0.3, -0.25) is 0 Å². The summed E-state index contributed by atoms with van der Waals surface area (Å²) in [7, 11) is 0. The van der Waals surface area contributed by atoms with Crippen molar-refractivity contribution in [1.29, 1.82) is 0 Å². The van der Waals surface area contributed by atoms with Crippen molar-refractivity contribution < 1.29 is 15.0 Å². The van der Waals surface area contributed by atoms with E-state index in [1.165, 1.54) is 18.2 Å². The maximum Gasteiger partial charge on any atom is 0.335 e. The molecule has 0 aliphatic carbocycles. The predicted molar refractivity (Wildman–Crippen MR) is 60.9 cm³/mol. The van der Waals surface area contributed by atoms with Crippen LogP contribution in [0.3, 0.4) is 0 Å². The Morgan fingerprint density at radius 1 is 1.27 bits per heavy atom. The summed E-state index contributed by atoms with van der Waals surface area (Å²) in [5, 5.41) is 26.5. The number of aromatic hydroxyl groups is 1. The number of rotatable bonds is 1. The molecule has 0 atom stereocenters. The summed E-state index contributed by atoms with van der Waals surface area (Å²) in [5.74, 6) is -1.20.